The molecule has 0 aromatic carbocycles. The highest BCUT2D eigenvalue weighted by Gasteiger charge is 2.44. The van der Waals surface area contributed by atoms with E-state index >= 15 is 0 Å². The SMILES string of the molecule is N#CC1(c2nccc(I)c2F)COC1. The fourth-order valence-electron chi connectivity index (χ4n) is 1.31. The van der Waals surface area contributed by atoms with Crippen molar-refractivity contribution in [1.82, 2.24) is 4.98 Å². The molecule has 0 spiro atoms. The van der Waals surface area contributed by atoms with Crippen LogP contribution in [0, 0.1) is 20.7 Å². The van der Waals surface area contributed by atoms with E-state index in [9.17, 15) is 4.39 Å². The summed E-state index contributed by atoms with van der Waals surface area (Å²) >= 11 is 1.88. The summed E-state index contributed by atoms with van der Waals surface area (Å²) in [5.41, 5.74) is -0.663. The molecule has 2 heterocycles. The van der Waals surface area contributed by atoms with Crippen LogP contribution in [0.15, 0.2) is 12.3 Å². The van der Waals surface area contributed by atoms with Gasteiger partial charge in [0.2, 0.25) is 0 Å². The molecule has 1 aromatic heterocycles. The van der Waals surface area contributed by atoms with Gasteiger partial charge in [-0.2, -0.15) is 5.26 Å². The van der Waals surface area contributed by atoms with Crippen molar-refractivity contribution in [3.8, 4) is 6.07 Å². The molecule has 0 saturated carbocycles. The molecule has 5 heteroatoms. The third-order valence-corrected chi connectivity index (χ3v) is 3.04. The number of halogens is 2. The van der Waals surface area contributed by atoms with E-state index in [0.717, 1.165) is 0 Å². The third-order valence-electron chi connectivity index (χ3n) is 2.21. The van der Waals surface area contributed by atoms with Crippen LogP contribution in [0.3, 0.4) is 0 Å². The second-order valence-electron chi connectivity index (χ2n) is 3.14. The lowest BCUT2D eigenvalue weighted by atomic mass is 9.83. The first kappa shape index (κ1) is 9.80. The second-order valence-corrected chi connectivity index (χ2v) is 4.30. The molecule has 1 aromatic rings. The topological polar surface area (TPSA) is 45.9 Å². The molecule has 0 unspecified atom stereocenters. The van der Waals surface area contributed by atoms with Crippen LogP contribution < -0.4 is 0 Å². The van der Waals surface area contributed by atoms with Gasteiger partial charge in [0, 0.05) is 6.20 Å². The average molecular weight is 304 g/mol. The Morgan fingerprint density at radius 1 is 1.64 bits per heavy atom. The Hall–Kier alpha value is -0.740. The minimum Gasteiger partial charge on any atom is -0.377 e. The van der Waals surface area contributed by atoms with Crippen molar-refractivity contribution in [2.75, 3.05) is 13.2 Å². The van der Waals surface area contributed by atoms with Crippen LogP contribution in [-0.4, -0.2) is 18.2 Å². The normalized spacial score (nSPS) is 18.4. The van der Waals surface area contributed by atoms with Crippen LogP contribution in [0.25, 0.3) is 0 Å². The summed E-state index contributed by atoms with van der Waals surface area (Å²) in [5.74, 6) is -0.405. The summed E-state index contributed by atoms with van der Waals surface area (Å²) in [5, 5.41) is 8.97. The second kappa shape index (κ2) is 3.44. The molecule has 0 atom stereocenters. The van der Waals surface area contributed by atoms with Gasteiger partial charge in [-0.1, -0.05) is 0 Å². The Labute approximate surface area is 94.0 Å². The van der Waals surface area contributed by atoms with E-state index in [1.807, 2.05) is 22.6 Å². The molecule has 72 valence electrons. The summed E-state index contributed by atoms with van der Waals surface area (Å²) in [4.78, 5) is 3.92. The molecular weight excluding hydrogens is 298 g/mol. The number of pyridine rings is 1. The average Bonchev–Trinajstić information content (AvgIpc) is 2.11. The van der Waals surface area contributed by atoms with Gasteiger partial charge in [0.15, 0.2) is 5.82 Å². The van der Waals surface area contributed by atoms with Crippen LogP contribution in [0.2, 0.25) is 0 Å². The maximum absolute atomic E-state index is 13.6. The first-order chi connectivity index (χ1) is 6.69. The molecule has 3 nitrogen and oxygen atoms in total. The van der Waals surface area contributed by atoms with Crippen LogP contribution in [-0.2, 0) is 10.2 Å². The summed E-state index contributed by atoms with van der Waals surface area (Å²) in [6, 6.07) is 3.64. The number of hydrogen-bond donors (Lipinski definition) is 0. The van der Waals surface area contributed by atoms with E-state index in [4.69, 9.17) is 10.00 Å². The van der Waals surface area contributed by atoms with Gasteiger partial charge in [0.05, 0.1) is 22.9 Å². The molecule has 0 aliphatic carbocycles. The Bertz CT molecular complexity index is 412. The van der Waals surface area contributed by atoms with E-state index in [-0.39, 0.29) is 18.9 Å². The highest BCUT2D eigenvalue weighted by Crippen LogP contribution is 2.32. The van der Waals surface area contributed by atoms with E-state index in [0.29, 0.717) is 3.57 Å². The predicted molar refractivity (Wildman–Crippen MR) is 55.0 cm³/mol. The fourth-order valence-corrected chi connectivity index (χ4v) is 1.73. The zero-order valence-corrected chi connectivity index (χ0v) is 9.29. The van der Waals surface area contributed by atoms with E-state index in [1.165, 1.54) is 6.20 Å². The van der Waals surface area contributed by atoms with Crippen molar-refractivity contribution < 1.29 is 9.13 Å². The Balaban J connectivity index is 2.51. The number of aromatic nitrogens is 1. The lowest BCUT2D eigenvalue weighted by molar-refractivity contribution is -0.0335. The van der Waals surface area contributed by atoms with Gasteiger partial charge in [-0.05, 0) is 28.7 Å². The molecule has 14 heavy (non-hydrogen) atoms. The lowest BCUT2D eigenvalue weighted by Crippen LogP contribution is -2.46. The standard InChI is InChI=1S/C9H6FIN2O/c10-7-6(11)1-2-13-8(7)9(3-12)4-14-5-9/h1-2H,4-5H2. The molecule has 0 amide bonds. The highest BCUT2D eigenvalue weighted by molar-refractivity contribution is 14.1. The van der Waals surface area contributed by atoms with Crippen molar-refractivity contribution in [1.29, 1.82) is 5.26 Å². The predicted octanol–water partition coefficient (Wildman–Crippen LogP) is 1.62. The smallest absolute Gasteiger partial charge is 0.159 e. The zero-order chi connectivity index (χ0) is 10.2. The Kier molecular flexibility index (Phi) is 2.41. The highest BCUT2D eigenvalue weighted by atomic mass is 127. The molecular formula is C9H6FIN2O. The summed E-state index contributed by atoms with van der Waals surface area (Å²) in [6.07, 6.45) is 1.51. The summed E-state index contributed by atoms with van der Waals surface area (Å²) in [6.45, 7) is 0.459. The van der Waals surface area contributed by atoms with E-state index in [2.05, 4.69) is 11.1 Å². The minimum absolute atomic E-state index is 0.207. The first-order valence-corrected chi connectivity index (χ1v) is 5.07. The van der Waals surface area contributed by atoms with Crippen molar-refractivity contribution in [2.45, 2.75) is 5.41 Å². The number of hydrogen-bond acceptors (Lipinski definition) is 3. The number of rotatable bonds is 1. The fraction of sp³-hybridized carbons (Fsp3) is 0.333. The maximum atomic E-state index is 13.6. The van der Waals surface area contributed by atoms with E-state index in [1.54, 1.807) is 6.07 Å². The molecule has 1 saturated heterocycles. The third kappa shape index (κ3) is 1.29. The Morgan fingerprint density at radius 3 is 2.86 bits per heavy atom. The first-order valence-electron chi connectivity index (χ1n) is 3.99. The van der Waals surface area contributed by atoms with Crippen molar-refractivity contribution in [2.24, 2.45) is 0 Å². The quantitative estimate of drug-likeness (QED) is 0.741. The molecule has 0 radical (unpaired) electrons. The van der Waals surface area contributed by atoms with Gasteiger partial charge in [-0.25, -0.2) is 4.39 Å². The minimum atomic E-state index is -0.870. The van der Waals surface area contributed by atoms with Crippen molar-refractivity contribution >= 4 is 22.6 Å². The van der Waals surface area contributed by atoms with Gasteiger partial charge in [-0.3, -0.25) is 4.98 Å². The van der Waals surface area contributed by atoms with Gasteiger partial charge >= 0.3 is 0 Å². The molecule has 1 aliphatic heterocycles. The molecule has 0 N–H and O–H groups in total. The van der Waals surface area contributed by atoms with Crippen LogP contribution in [0.4, 0.5) is 4.39 Å². The van der Waals surface area contributed by atoms with Gasteiger partial charge in [-0.15, -0.1) is 0 Å². The molecule has 0 bridgehead atoms. The van der Waals surface area contributed by atoms with Crippen molar-refractivity contribution in [3.05, 3.63) is 27.3 Å². The maximum Gasteiger partial charge on any atom is 0.159 e. The lowest BCUT2D eigenvalue weighted by Gasteiger charge is -2.34. The number of nitriles is 1. The van der Waals surface area contributed by atoms with Crippen molar-refractivity contribution in [3.63, 3.8) is 0 Å². The number of ether oxygens (including phenoxy) is 1. The molecule has 2 rings (SSSR count). The largest absolute Gasteiger partial charge is 0.377 e. The number of nitrogens with zero attached hydrogens (tertiary/aromatic N) is 2. The Morgan fingerprint density at radius 2 is 2.36 bits per heavy atom. The van der Waals surface area contributed by atoms with Crippen LogP contribution in [0.5, 0.6) is 0 Å². The molecule has 1 aliphatic rings. The molecule has 1 fully saturated rings. The summed E-state index contributed by atoms with van der Waals surface area (Å²) in [7, 11) is 0. The van der Waals surface area contributed by atoms with E-state index < -0.39 is 11.2 Å². The van der Waals surface area contributed by atoms with Gasteiger partial charge in [0.1, 0.15) is 11.1 Å². The zero-order valence-electron chi connectivity index (χ0n) is 7.13. The monoisotopic (exact) mass is 304 g/mol. The van der Waals surface area contributed by atoms with Gasteiger partial charge < -0.3 is 4.74 Å². The summed E-state index contributed by atoms with van der Waals surface area (Å²) < 4.78 is 19.1. The van der Waals surface area contributed by atoms with Crippen LogP contribution in [0.1, 0.15) is 5.69 Å². The van der Waals surface area contributed by atoms with Crippen LogP contribution >= 0.6 is 22.6 Å². The van der Waals surface area contributed by atoms with Gasteiger partial charge in [0.25, 0.3) is 0 Å².